The number of nitrogens with two attached hydrogens (primary N) is 1. The highest BCUT2D eigenvalue weighted by Crippen LogP contribution is 2.31. The number of fused-ring (bicyclic) bond motifs is 1. The Morgan fingerprint density at radius 3 is 2.52 bits per heavy atom. The number of ether oxygens (including phenoxy) is 1. The lowest BCUT2D eigenvalue weighted by atomic mass is 9.95. The predicted molar refractivity (Wildman–Crippen MR) is 96.7 cm³/mol. The van der Waals surface area contributed by atoms with Crippen molar-refractivity contribution in [2.24, 2.45) is 11.7 Å². The third kappa shape index (κ3) is 2.97. The molecule has 0 radical (unpaired) electrons. The van der Waals surface area contributed by atoms with Crippen molar-refractivity contribution in [1.29, 1.82) is 0 Å². The number of nitrogens with zero attached hydrogens (tertiary/aromatic N) is 2. The van der Waals surface area contributed by atoms with Gasteiger partial charge in [-0.15, -0.1) is 0 Å². The van der Waals surface area contributed by atoms with E-state index in [9.17, 15) is 9.59 Å². The molecule has 2 N–H and O–H groups in total. The van der Waals surface area contributed by atoms with Crippen LogP contribution in [0.2, 0.25) is 0 Å². The molecule has 1 fully saturated rings. The van der Waals surface area contributed by atoms with Crippen LogP contribution in [0.4, 0.5) is 0 Å². The van der Waals surface area contributed by atoms with Gasteiger partial charge in [-0.25, -0.2) is 0 Å². The highest BCUT2D eigenvalue weighted by molar-refractivity contribution is 6.08. The molecular weight excluding hydrogens is 318 g/mol. The lowest BCUT2D eigenvalue weighted by Crippen LogP contribution is -2.41. The van der Waals surface area contributed by atoms with Crippen molar-refractivity contribution in [2.45, 2.75) is 33.2 Å². The standard InChI is InChI=1S/C19H25N3O3/c1-4-22-12(2)17(15-11-14(25-3)5-6-16(15)22)19(24)21-9-7-13(8-10-21)18(20)23/h5-6,11,13H,4,7-10H2,1-3H3,(H2,20,23). The Balaban J connectivity index is 1.98. The molecule has 0 saturated carbocycles. The van der Waals surface area contributed by atoms with Crippen molar-refractivity contribution in [2.75, 3.05) is 20.2 Å². The molecule has 1 aliphatic rings. The van der Waals surface area contributed by atoms with Crippen LogP contribution in [0.15, 0.2) is 18.2 Å². The summed E-state index contributed by atoms with van der Waals surface area (Å²) in [6, 6.07) is 5.85. The molecule has 0 spiro atoms. The molecule has 2 heterocycles. The van der Waals surface area contributed by atoms with E-state index in [0.717, 1.165) is 34.5 Å². The minimum Gasteiger partial charge on any atom is -0.497 e. The van der Waals surface area contributed by atoms with Gasteiger partial charge in [0.1, 0.15) is 5.75 Å². The number of aromatic nitrogens is 1. The van der Waals surface area contributed by atoms with Gasteiger partial charge in [0.15, 0.2) is 0 Å². The molecule has 1 aromatic heterocycles. The van der Waals surface area contributed by atoms with E-state index in [1.165, 1.54) is 0 Å². The van der Waals surface area contributed by atoms with E-state index < -0.39 is 0 Å². The van der Waals surface area contributed by atoms with Crippen LogP contribution in [0.1, 0.15) is 35.8 Å². The van der Waals surface area contributed by atoms with Crippen LogP contribution in [0.25, 0.3) is 10.9 Å². The van der Waals surface area contributed by atoms with Crippen molar-refractivity contribution in [3.63, 3.8) is 0 Å². The Morgan fingerprint density at radius 2 is 1.96 bits per heavy atom. The molecule has 0 atom stereocenters. The number of primary amides is 1. The first-order valence-electron chi connectivity index (χ1n) is 8.73. The van der Waals surface area contributed by atoms with Crippen LogP contribution in [0.3, 0.4) is 0 Å². The maximum atomic E-state index is 13.2. The Bertz CT molecular complexity index is 817. The maximum Gasteiger partial charge on any atom is 0.256 e. The quantitative estimate of drug-likeness (QED) is 0.925. The normalized spacial score (nSPS) is 15.6. The van der Waals surface area contributed by atoms with Gasteiger partial charge in [0.2, 0.25) is 5.91 Å². The molecular formula is C19H25N3O3. The zero-order chi connectivity index (χ0) is 18.1. The molecule has 1 aromatic carbocycles. The molecule has 25 heavy (non-hydrogen) atoms. The summed E-state index contributed by atoms with van der Waals surface area (Å²) in [7, 11) is 1.63. The second-order valence-electron chi connectivity index (χ2n) is 6.56. The molecule has 2 amide bonds. The molecule has 6 heteroatoms. The number of amides is 2. The number of hydrogen-bond donors (Lipinski definition) is 1. The van der Waals surface area contributed by atoms with Gasteiger partial charge in [0.25, 0.3) is 5.91 Å². The lowest BCUT2D eigenvalue weighted by molar-refractivity contribution is -0.123. The van der Waals surface area contributed by atoms with Gasteiger partial charge in [0.05, 0.1) is 12.7 Å². The van der Waals surface area contributed by atoms with Crippen molar-refractivity contribution in [3.8, 4) is 5.75 Å². The van der Waals surface area contributed by atoms with E-state index in [4.69, 9.17) is 10.5 Å². The van der Waals surface area contributed by atoms with Gasteiger partial charge in [-0.3, -0.25) is 9.59 Å². The van der Waals surface area contributed by atoms with Crippen LogP contribution in [-0.4, -0.2) is 41.5 Å². The molecule has 1 saturated heterocycles. The number of aryl methyl sites for hydroxylation is 1. The van der Waals surface area contributed by atoms with Gasteiger partial charge >= 0.3 is 0 Å². The molecule has 1 aliphatic heterocycles. The topological polar surface area (TPSA) is 77.6 Å². The van der Waals surface area contributed by atoms with Crippen LogP contribution < -0.4 is 10.5 Å². The molecule has 134 valence electrons. The van der Waals surface area contributed by atoms with E-state index in [0.29, 0.717) is 25.9 Å². The van der Waals surface area contributed by atoms with Crippen LogP contribution in [0, 0.1) is 12.8 Å². The van der Waals surface area contributed by atoms with E-state index in [1.54, 1.807) is 7.11 Å². The van der Waals surface area contributed by atoms with E-state index in [1.807, 2.05) is 30.0 Å². The van der Waals surface area contributed by atoms with Gasteiger partial charge in [-0.2, -0.15) is 0 Å². The third-order valence-corrected chi connectivity index (χ3v) is 5.25. The van der Waals surface area contributed by atoms with Crippen molar-refractivity contribution in [3.05, 3.63) is 29.5 Å². The maximum absolute atomic E-state index is 13.2. The number of carbonyl (C=O) groups is 2. The fourth-order valence-corrected chi connectivity index (χ4v) is 3.79. The predicted octanol–water partition coefficient (Wildman–Crippen LogP) is 2.32. The second kappa shape index (κ2) is 6.78. The van der Waals surface area contributed by atoms with Gasteiger partial charge in [-0.1, -0.05) is 0 Å². The number of carbonyl (C=O) groups excluding carboxylic acids is 2. The first-order chi connectivity index (χ1) is 12.0. The SMILES string of the molecule is CCn1c(C)c(C(=O)N2CCC(C(N)=O)CC2)c2cc(OC)ccc21. The van der Waals surface area contributed by atoms with E-state index in [-0.39, 0.29) is 17.7 Å². The summed E-state index contributed by atoms with van der Waals surface area (Å²) >= 11 is 0. The molecule has 6 nitrogen and oxygen atoms in total. The zero-order valence-electron chi connectivity index (χ0n) is 15.0. The Kier molecular flexibility index (Phi) is 4.70. The number of rotatable bonds is 4. The minimum atomic E-state index is -0.268. The Hall–Kier alpha value is -2.50. The van der Waals surface area contributed by atoms with Gasteiger partial charge < -0.3 is 19.9 Å². The molecule has 0 bridgehead atoms. The molecule has 0 unspecified atom stereocenters. The van der Waals surface area contributed by atoms with Crippen LogP contribution >= 0.6 is 0 Å². The summed E-state index contributed by atoms with van der Waals surface area (Å²) in [5.74, 6) is 0.367. The molecule has 3 rings (SSSR count). The number of piperidine rings is 1. The van der Waals surface area contributed by atoms with Gasteiger partial charge in [-0.05, 0) is 44.9 Å². The largest absolute Gasteiger partial charge is 0.497 e. The highest BCUT2D eigenvalue weighted by Gasteiger charge is 2.29. The summed E-state index contributed by atoms with van der Waals surface area (Å²) in [6.45, 7) is 5.98. The molecule has 2 aromatic rings. The fourth-order valence-electron chi connectivity index (χ4n) is 3.79. The second-order valence-corrected chi connectivity index (χ2v) is 6.56. The van der Waals surface area contributed by atoms with Crippen molar-refractivity contribution < 1.29 is 14.3 Å². The van der Waals surface area contributed by atoms with Crippen LogP contribution in [-0.2, 0) is 11.3 Å². The third-order valence-electron chi connectivity index (χ3n) is 5.25. The average molecular weight is 343 g/mol. The van der Waals surface area contributed by atoms with E-state index >= 15 is 0 Å². The summed E-state index contributed by atoms with van der Waals surface area (Å²) in [5.41, 5.74) is 8.13. The zero-order valence-corrected chi connectivity index (χ0v) is 15.0. The first kappa shape index (κ1) is 17.3. The summed E-state index contributed by atoms with van der Waals surface area (Å²) < 4.78 is 7.49. The Labute approximate surface area is 147 Å². The smallest absolute Gasteiger partial charge is 0.256 e. The first-order valence-corrected chi connectivity index (χ1v) is 8.73. The van der Waals surface area contributed by atoms with Crippen LogP contribution in [0.5, 0.6) is 5.75 Å². The number of hydrogen-bond acceptors (Lipinski definition) is 3. The highest BCUT2D eigenvalue weighted by atomic mass is 16.5. The minimum absolute atomic E-state index is 0.0193. The summed E-state index contributed by atoms with van der Waals surface area (Å²) in [6.07, 6.45) is 1.27. The fraction of sp³-hybridized carbons (Fsp3) is 0.474. The van der Waals surface area contributed by atoms with Crippen molar-refractivity contribution in [1.82, 2.24) is 9.47 Å². The average Bonchev–Trinajstić information content (AvgIpc) is 2.91. The number of benzene rings is 1. The Morgan fingerprint density at radius 1 is 1.28 bits per heavy atom. The van der Waals surface area contributed by atoms with Crippen molar-refractivity contribution >= 4 is 22.7 Å². The van der Waals surface area contributed by atoms with Gasteiger partial charge in [0, 0.05) is 42.1 Å². The van der Waals surface area contributed by atoms with E-state index in [2.05, 4.69) is 11.5 Å². The lowest BCUT2D eigenvalue weighted by Gasteiger charge is -2.30. The summed E-state index contributed by atoms with van der Waals surface area (Å²) in [5, 5.41) is 0.917. The molecule has 0 aliphatic carbocycles. The summed E-state index contributed by atoms with van der Waals surface area (Å²) in [4.78, 5) is 26.4. The monoisotopic (exact) mass is 343 g/mol. The number of methoxy groups -OCH3 is 1. The number of likely N-dealkylation sites (tertiary alicyclic amines) is 1.